The second-order valence-corrected chi connectivity index (χ2v) is 6.92. The van der Waals surface area contributed by atoms with E-state index in [1.807, 2.05) is 0 Å². The van der Waals surface area contributed by atoms with Crippen molar-refractivity contribution in [3.8, 4) is 11.5 Å². The zero-order chi connectivity index (χ0) is 17.9. The number of hydrogen-bond donors (Lipinski definition) is 2. The molecular formula is C17H16N4O4S. The summed E-state index contributed by atoms with van der Waals surface area (Å²) in [4.78, 5) is 23.7. The van der Waals surface area contributed by atoms with Crippen LogP contribution in [0.25, 0.3) is 0 Å². The van der Waals surface area contributed by atoms with Gasteiger partial charge in [0.1, 0.15) is 5.03 Å². The number of amides is 2. The van der Waals surface area contributed by atoms with Crippen LogP contribution < -0.4 is 20.1 Å². The molecule has 0 spiro atoms. The monoisotopic (exact) mass is 372 g/mol. The minimum Gasteiger partial charge on any atom is -0.454 e. The van der Waals surface area contributed by atoms with Gasteiger partial charge in [0.25, 0.3) is 0 Å². The van der Waals surface area contributed by atoms with Gasteiger partial charge in [-0.1, -0.05) is 11.8 Å². The van der Waals surface area contributed by atoms with Crippen LogP contribution in [0.4, 0.5) is 11.5 Å². The van der Waals surface area contributed by atoms with Gasteiger partial charge in [-0.05, 0) is 37.1 Å². The summed E-state index contributed by atoms with van der Waals surface area (Å²) < 4.78 is 10.5. The number of nitrogens with zero attached hydrogens (tertiary/aromatic N) is 2. The lowest BCUT2D eigenvalue weighted by molar-refractivity contribution is -0.117. The summed E-state index contributed by atoms with van der Waals surface area (Å²) in [5.74, 6) is 1.84. The number of nitrogens with one attached hydrogen (secondary N) is 2. The van der Waals surface area contributed by atoms with E-state index in [1.54, 1.807) is 30.3 Å². The first-order valence-electron chi connectivity index (χ1n) is 8.14. The van der Waals surface area contributed by atoms with E-state index >= 15 is 0 Å². The third-order valence-corrected chi connectivity index (χ3v) is 4.77. The van der Waals surface area contributed by atoms with E-state index in [9.17, 15) is 9.59 Å². The van der Waals surface area contributed by atoms with Crippen LogP contribution in [-0.2, 0) is 9.59 Å². The van der Waals surface area contributed by atoms with Gasteiger partial charge >= 0.3 is 0 Å². The van der Waals surface area contributed by atoms with E-state index < -0.39 is 0 Å². The van der Waals surface area contributed by atoms with Crippen molar-refractivity contribution >= 4 is 35.1 Å². The van der Waals surface area contributed by atoms with Crippen LogP contribution in [0, 0.1) is 5.92 Å². The summed E-state index contributed by atoms with van der Waals surface area (Å²) in [5.41, 5.74) is 0.643. The summed E-state index contributed by atoms with van der Waals surface area (Å²) in [5, 5.41) is 14.1. The van der Waals surface area contributed by atoms with E-state index in [2.05, 4.69) is 20.8 Å². The Balaban J connectivity index is 1.26. The standard InChI is InChI=1S/C17H16N4O4S/c22-15(18-11-3-4-12-13(7-11)25-9-24-12)8-26-16-6-5-14(20-21-16)19-17(23)10-1-2-10/h3-7,10H,1-2,8-9H2,(H,18,22)(H,19,20,23). The van der Waals surface area contributed by atoms with E-state index in [-0.39, 0.29) is 30.3 Å². The Morgan fingerprint density at radius 3 is 2.69 bits per heavy atom. The molecule has 26 heavy (non-hydrogen) atoms. The summed E-state index contributed by atoms with van der Waals surface area (Å²) in [6.45, 7) is 0.193. The molecule has 1 aromatic heterocycles. The van der Waals surface area contributed by atoms with Crippen LogP contribution in [0.3, 0.4) is 0 Å². The van der Waals surface area contributed by atoms with Gasteiger partial charge in [-0.15, -0.1) is 10.2 Å². The first-order valence-corrected chi connectivity index (χ1v) is 9.13. The number of rotatable bonds is 6. The molecule has 2 aliphatic rings. The molecule has 0 atom stereocenters. The number of thioether (sulfide) groups is 1. The fourth-order valence-electron chi connectivity index (χ4n) is 2.35. The topological polar surface area (TPSA) is 102 Å². The molecule has 1 fully saturated rings. The molecule has 0 bridgehead atoms. The number of benzene rings is 1. The van der Waals surface area contributed by atoms with E-state index in [1.165, 1.54) is 11.8 Å². The molecule has 1 saturated carbocycles. The number of aromatic nitrogens is 2. The average Bonchev–Trinajstić information content (AvgIpc) is 3.40. The van der Waals surface area contributed by atoms with Crippen LogP contribution in [0.5, 0.6) is 11.5 Å². The minimum atomic E-state index is -0.165. The maximum atomic E-state index is 12.1. The number of fused-ring (bicyclic) bond motifs is 1. The van der Waals surface area contributed by atoms with Crippen molar-refractivity contribution in [2.24, 2.45) is 5.92 Å². The third kappa shape index (κ3) is 4.05. The molecular weight excluding hydrogens is 356 g/mol. The van der Waals surface area contributed by atoms with Gasteiger partial charge in [0.05, 0.1) is 5.75 Å². The lowest BCUT2D eigenvalue weighted by atomic mass is 10.3. The molecule has 1 aromatic carbocycles. The van der Waals surface area contributed by atoms with Gasteiger partial charge in [-0.25, -0.2) is 0 Å². The number of anilines is 2. The van der Waals surface area contributed by atoms with Gasteiger partial charge in [-0.3, -0.25) is 9.59 Å². The molecule has 0 unspecified atom stereocenters. The molecule has 2 amide bonds. The number of carbonyl (C=O) groups is 2. The second-order valence-electron chi connectivity index (χ2n) is 5.93. The summed E-state index contributed by atoms with van der Waals surface area (Å²) in [7, 11) is 0. The predicted octanol–water partition coefficient (Wildman–Crippen LogP) is 2.28. The van der Waals surface area contributed by atoms with Crippen molar-refractivity contribution in [2.75, 3.05) is 23.2 Å². The Hall–Kier alpha value is -2.81. The smallest absolute Gasteiger partial charge is 0.234 e. The van der Waals surface area contributed by atoms with Gasteiger partial charge in [0.2, 0.25) is 18.6 Å². The molecule has 8 nitrogen and oxygen atoms in total. The highest BCUT2D eigenvalue weighted by Gasteiger charge is 2.29. The molecule has 2 N–H and O–H groups in total. The van der Waals surface area contributed by atoms with Crippen molar-refractivity contribution in [3.05, 3.63) is 30.3 Å². The number of carbonyl (C=O) groups excluding carboxylic acids is 2. The van der Waals surface area contributed by atoms with E-state index in [0.29, 0.717) is 28.0 Å². The molecule has 0 saturated heterocycles. The first-order chi connectivity index (χ1) is 12.7. The molecule has 2 heterocycles. The van der Waals surface area contributed by atoms with Crippen molar-refractivity contribution in [3.63, 3.8) is 0 Å². The quantitative estimate of drug-likeness (QED) is 0.750. The van der Waals surface area contributed by atoms with Crippen molar-refractivity contribution in [1.82, 2.24) is 10.2 Å². The van der Waals surface area contributed by atoms with E-state index in [0.717, 1.165) is 12.8 Å². The van der Waals surface area contributed by atoms with Crippen LogP contribution in [0.1, 0.15) is 12.8 Å². The summed E-state index contributed by atoms with van der Waals surface area (Å²) >= 11 is 1.27. The molecule has 4 rings (SSSR count). The number of ether oxygens (including phenoxy) is 2. The van der Waals surface area contributed by atoms with Crippen molar-refractivity contribution < 1.29 is 19.1 Å². The maximum absolute atomic E-state index is 12.1. The third-order valence-electron chi connectivity index (χ3n) is 3.85. The Bertz CT molecular complexity index is 839. The Morgan fingerprint density at radius 1 is 1.08 bits per heavy atom. The fourth-order valence-corrected chi connectivity index (χ4v) is 2.96. The van der Waals surface area contributed by atoms with Crippen molar-refractivity contribution in [2.45, 2.75) is 17.9 Å². The SMILES string of the molecule is O=C(CSc1ccc(NC(=O)C2CC2)nn1)Nc1ccc2c(c1)OCO2. The van der Waals surface area contributed by atoms with Gasteiger partial charge in [0, 0.05) is 17.7 Å². The maximum Gasteiger partial charge on any atom is 0.234 e. The largest absolute Gasteiger partial charge is 0.454 e. The summed E-state index contributed by atoms with van der Waals surface area (Å²) in [6.07, 6.45) is 1.87. The van der Waals surface area contributed by atoms with Crippen LogP contribution in [0.15, 0.2) is 35.4 Å². The lowest BCUT2D eigenvalue weighted by Crippen LogP contribution is -2.15. The Labute approximate surface area is 153 Å². The average molecular weight is 372 g/mol. The normalized spacial score (nSPS) is 14.8. The summed E-state index contributed by atoms with van der Waals surface area (Å²) in [6, 6.07) is 8.65. The zero-order valence-electron chi connectivity index (χ0n) is 13.7. The Kier molecular flexibility index (Phi) is 4.61. The highest BCUT2D eigenvalue weighted by Crippen LogP contribution is 2.34. The van der Waals surface area contributed by atoms with E-state index in [4.69, 9.17) is 9.47 Å². The lowest BCUT2D eigenvalue weighted by Gasteiger charge is -2.06. The van der Waals surface area contributed by atoms with Gasteiger partial charge < -0.3 is 20.1 Å². The molecule has 1 aliphatic carbocycles. The first kappa shape index (κ1) is 16.6. The molecule has 1 aliphatic heterocycles. The molecule has 134 valence electrons. The predicted molar refractivity (Wildman–Crippen MR) is 95.3 cm³/mol. The van der Waals surface area contributed by atoms with Gasteiger partial charge in [-0.2, -0.15) is 0 Å². The molecule has 0 radical (unpaired) electrons. The van der Waals surface area contributed by atoms with Crippen LogP contribution >= 0.6 is 11.8 Å². The number of hydrogen-bond acceptors (Lipinski definition) is 7. The fraction of sp³-hybridized carbons (Fsp3) is 0.294. The minimum absolute atomic E-state index is 0.0113. The highest BCUT2D eigenvalue weighted by atomic mass is 32.2. The molecule has 9 heteroatoms. The van der Waals surface area contributed by atoms with Crippen LogP contribution in [0.2, 0.25) is 0 Å². The molecule has 2 aromatic rings. The highest BCUT2D eigenvalue weighted by molar-refractivity contribution is 7.99. The van der Waals surface area contributed by atoms with Crippen LogP contribution in [-0.4, -0.2) is 34.6 Å². The Morgan fingerprint density at radius 2 is 1.92 bits per heavy atom. The zero-order valence-corrected chi connectivity index (χ0v) is 14.5. The van der Waals surface area contributed by atoms with Gasteiger partial charge in [0.15, 0.2) is 17.3 Å². The van der Waals surface area contributed by atoms with Crippen molar-refractivity contribution in [1.29, 1.82) is 0 Å². The second kappa shape index (κ2) is 7.20.